The molecule has 0 radical (unpaired) electrons. The van der Waals surface area contributed by atoms with Gasteiger partial charge in [0.05, 0.1) is 14.2 Å². The first-order valence-electron chi connectivity index (χ1n) is 7.19. The van der Waals surface area contributed by atoms with Gasteiger partial charge in [-0.1, -0.05) is 19.3 Å². The molecule has 4 nitrogen and oxygen atoms in total. The minimum Gasteiger partial charge on any atom is -0.493 e. The third-order valence-corrected chi connectivity index (χ3v) is 3.92. The first-order chi connectivity index (χ1) is 9.65. The zero-order valence-corrected chi connectivity index (χ0v) is 12.5. The van der Waals surface area contributed by atoms with Gasteiger partial charge in [0.15, 0.2) is 11.5 Å². The van der Waals surface area contributed by atoms with Crippen molar-refractivity contribution in [3.63, 3.8) is 0 Å². The number of nitrogens with one attached hydrogen (secondary N) is 1. The van der Waals surface area contributed by atoms with Gasteiger partial charge in [-0.15, -0.1) is 0 Å². The molecule has 1 aromatic rings. The number of carbonyl (C=O) groups is 1. The Hall–Kier alpha value is -1.71. The summed E-state index contributed by atoms with van der Waals surface area (Å²) in [5.74, 6) is 1.22. The molecule has 0 aliphatic heterocycles. The largest absolute Gasteiger partial charge is 0.493 e. The van der Waals surface area contributed by atoms with Gasteiger partial charge in [-0.2, -0.15) is 0 Å². The SMILES string of the molecule is COc1cc(C)c(C(=O)NC2CCCCC2)cc1OC. The molecule has 0 aromatic heterocycles. The molecular formula is C16H23NO3. The van der Waals surface area contributed by atoms with Crippen LogP contribution in [-0.2, 0) is 0 Å². The lowest BCUT2D eigenvalue weighted by Gasteiger charge is -2.23. The molecule has 20 heavy (non-hydrogen) atoms. The maximum Gasteiger partial charge on any atom is 0.251 e. The smallest absolute Gasteiger partial charge is 0.251 e. The Balaban J connectivity index is 2.16. The van der Waals surface area contributed by atoms with Crippen molar-refractivity contribution >= 4 is 5.91 Å². The Morgan fingerprint density at radius 2 is 1.70 bits per heavy atom. The maximum atomic E-state index is 12.4. The third kappa shape index (κ3) is 3.24. The van der Waals surface area contributed by atoms with Crippen LogP contribution in [0.2, 0.25) is 0 Å². The second-order valence-electron chi connectivity index (χ2n) is 5.33. The summed E-state index contributed by atoms with van der Waals surface area (Å²) in [6.45, 7) is 1.91. The van der Waals surface area contributed by atoms with E-state index in [0.717, 1.165) is 18.4 Å². The molecule has 0 unspecified atom stereocenters. The second kappa shape index (κ2) is 6.64. The molecule has 0 saturated heterocycles. The van der Waals surface area contributed by atoms with E-state index in [1.54, 1.807) is 20.3 Å². The molecule has 4 heteroatoms. The highest BCUT2D eigenvalue weighted by Gasteiger charge is 2.19. The van der Waals surface area contributed by atoms with Gasteiger partial charge in [0, 0.05) is 11.6 Å². The Kier molecular flexibility index (Phi) is 4.88. The second-order valence-corrected chi connectivity index (χ2v) is 5.33. The quantitative estimate of drug-likeness (QED) is 0.920. The Bertz CT molecular complexity index is 479. The molecule has 1 fully saturated rings. The van der Waals surface area contributed by atoms with E-state index in [2.05, 4.69) is 5.32 Å². The van der Waals surface area contributed by atoms with Crippen molar-refractivity contribution in [2.24, 2.45) is 0 Å². The summed E-state index contributed by atoms with van der Waals surface area (Å²) in [5, 5.41) is 3.13. The van der Waals surface area contributed by atoms with Crippen LogP contribution in [0.5, 0.6) is 11.5 Å². The Morgan fingerprint density at radius 3 is 2.30 bits per heavy atom. The van der Waals surface area contributed by atoms with Crippen LogP contribution in [0, 0.1) is 6.92 Å². The molecule has 1 saturated carbocycles. The van der Waals surface area contributed by atoms with Gasteiger partial charge in [0.2, 0.25) is 0 Å². The summed E-state index contributed by atoms with van der Waals surface area (Å²) in [6, 6.07) is 3.91. The Morgan fingerprint density at radius 1 is 1.10 bits per heavy atom. The van der Waals surface area contributed by atoms with Crippen molar-refractivity contribution in [1.29, 1.82) is 0 Å². The Labute approximate surface area is 120 Å². The lowest BCUT2D eigenvalue weighted by Crippen LogP contribution is -2.36. The van der Waals surface area contributed by atoms with Crippen LogP contribution >= 0.6 is 0 Å². The van der Waals surface area contributed by atoms with Crippen LogP contribution in [0.1, 0.15) is 48.0 Å². The predicted octanol–water partition coefficient (Wildman–Crippen LogP) is 3.07. The molecule has 0 atom stereocenters. The van der Waals surface area contributed by atoms with E-state index in [1.165, 1.54) is 19.3 Å². The number of amides is 1. The highest BCUT2D eigenvalue weighted by atomic mass is 16.5. The van der Waals surface area contributed by atoms with Crippen molar-refractivity contribution in [1.82, 2.24) is 5.32 Å². The molecule has 2 rings (SSSR count). The molecule has 0 bridgehead atoms. The van der Waals surface area contributed by atoms with Gasteiger partial charge < -0.3 is 14.8 Å². The van der Waals surface area contributed by atoms with Crippen molar-refractivity contribution in [2.45, 2.75) is 45.1 Å². The summed E-state index contributed by atoms with van der Waals surface area (Å²) in [5.41, 5.74) is 1.56. The molecule has 1 aliphatic carbocycles. The zero-order valence-electron chi connectivity index (χ0n) is 12.5. The van der Waals surface area contributed by atoms with Crippen LogP contribution in [-0.4, -0.2) is 26.2 Å². The van der Waals surface area contributed by atoms with Gasteiger partial charge in [-0.05, 0) is 37.5 Å². The molecule has 110 valence electrons. The number of rotatable bonds is 4. The zero-order chi connectivity index (χ0) is 14.5. The van der Waals surface area contributed by atoms with Crippen LogP contribution < -0.4 is 14.8 Å². The van der Waals surface area contributed by atoms with E-state index < -0.39 is 0 Å². The topological polar surface area (TPSA) is 47.6 Å². The van der Waals surface area contributed by atoms with Gasteiger partial charge >= 0.3 is 0 Å². The molecular weight excluding hydrogens is 254 g/mol. The standard InChI is InChI=1S/C16H23NO3/c1-11-9-14(19-2)15(20-3)10-13(11)16(18)17-12-7-5-4-6-8-12/h9-10,12H,4-8H2,1-3H3,(H,17,18). The van der Waals surface area contributed by atoms with Crippen molar-refractivity contribution in [3.05, 3.63) is 23.3 Å². The molecule has 0 spiro atoms. The van der Waals surface area contributed by atoms with Gasteiger partial charge in [0.25, 0.3) is 5.91 Å². The molecule has 0 heterocycles. The van der Waals surface area contributed by atoms with E-state index in [4.69, 9.17) is 9.47 Å². The summed E-state index contributed by atoms with van der Waals surface area (Å²) >= 11 is 0. The minimum absolute atomic E-state index is 0.0182. The van der Waals surface area contributed by atoms with Crippen LogP contribution in [0.4, 0.5) is 0 Å². The first kappa shape index (κ1) is 14.7. The summed E-state index contributed by atoms with van der Waals surface area (Å²) in [6.07, 6.45) is 5.85. The fourth-order valence-corrected chi connectivity index (χ4v) is 2.74. The van der Waals surface area contributed by atoms with Crippen molar-refractivity contribution < 1.29 is 14.3 Å². The molecule has 1 amide bonds. The van der Waals surface area contributed by atoms with E-state index in [0.29, 0.717) is 23.1 Å². The van der Waals surface area contributed by atoms with Gasteiger partial charge in [0.1, 0.15) is 0 Å². The van der Waals surface area contributed by atoms with Gasteiger partial charge in [-0.25, -0.2) is 0 Å². The monoisotopic (exact) mass is 277 g/mol. The van der Waals surface area contributed by atoms with Crippen molar-refractivity contribution in [2.75, 3.05) is 14.2 Å². The lowest BCUT2D eigenvalue weighted by atomic mass is 9.95. The minimum atomic E-state index is -0.0182. The average Bonchev–Trinajstić information content (AvgIpc) is 2.47. The highest BCUT2D eigenvalue weighted by Crippen LogP contribution is 2.30. The summed E-state index contributed by atoms with van der Waals surface area (Å²) in [4.78, 5) is 12.4. The first-order valence-corrected chi connectivity index (χ1v) is 7.19. The maximum absolute atomic E-state index is 12.4. The highest BCUT2D eigenvalue weighted by molar-refractivity contribution is 5.96. The molecule has 1 aromatic carbocycles. The number of hydrogen-bond donors (Lipinski definition) is 1. The van der Waals surface area contributed by atoms with E-state index in [-0.39, 0.29) is 5.91 Å². The third-order valence-electron chi connectivity index (χ3n) is 3.92. The van der Waals surface area contributed by atoms with E-state index in [1.807, 2.05) is 13.0 Å². The number of aryl methyl sites for hydroxylation is 1. The van der Waals surface area contributed by atoms with Gasteiger partial charge in [-0.3, -0.25) is 4.79 Å². The van der Waals surface area contributed by atoms with E-state index >= 15 is 0 Å². The lowest BCUT2D eigenvalue weighted by molar-refractivity contribution is 0.0926. The summed E-state index contributed by atoms with van der Waals surface area (Å²) < 4.78 is 10.5. The fraction of sp³-hybridized carbons (Fsp3) is 0.562. The number of ether oxygens (including phenoxy) is 2. The number of benzene rings is 1. The predicted molar refractivity (Wildman–Crippen MR) is 78.6 cm³/mol. The normalized spacial score (nSPS) is 15.8. The van der Waals surface area contributed by atoms with E-state index in [9.17, 15) is 4.79 Å². The number of hydrogen-bond acceptors (Lipinski definition) is 3. The van der Waals surface area contributed by atoms with Crippen LogP contribution in [0.15, 0.2) is 12.1 Å². The molecule has 1 N–H and O–H groups in total. The summed E-state index contributed by atoms with van der Waals surface area (Å²) in [7, 11) is 3.18. The van der Waals surface area contributed by atoms with Crippen LogP contribution in [0.3, 0.4) is 0 Å². The number of carbonyl (C=O) groups excluding carboxylic acids is 1. The average molecular weight is 277 g/mol. The van der Waals surface area contributed by atoms with Crippen molar-refractivity contribution in [3.8, 4) is 11.5 Å². The van der Waals surface area contributed by atoms with Crippen LogP contribution in [0.25, 0.3) is 0 Å². The molecule has 1 aliphatic rings. The number of methoxy groups -OCH3 is 2. The fourth-order valence-electron chi connectivity index (χ4n) is 2.74.